The molecule has 6 heteroatoms. The Morgan fingerprint density at radius 3 is 2.47 bits per heavy atom. The quantitative estimate of drug-likeness (QED) is 0.873. The number of carboxylic acid groups (broad SMARTS) is 1. The molecule has 0 bridgehead atoms. The number of benzene rings is 1. The molecule has 0 heterocycles. The molecule has 19 heavy (non-hydrogen) atoms. The molecule has 1 aromatic carbocycles. The molecule has 0 atom stereocenters. The first-order valence-electron chi connectivity index (χ1n) is 5.93. The van der Waals surface area contributed by atoms with Crippen molar-refractivity contribution in [3.05, 3.63) is 35.1 Å². The van der Waals surface area contributed by atoms with Gasteiger partial charge in [-0.25, -0.2) is 17.6 Å². The summed E-state index contributed by atoms with van der Waals surface area (Å²) in [5.74, 6) is -2.22. The minimum atomic E-state index is -3.29. The van der Waals surface area contributed by atoms with Crippen LogP contribution in [0.3, 0.4) is 0 Å². The summed E-state index contributed by atoms with van der Waals surface area (Å²) in [5, 5.41) is 8.68. The number of aromatic carboxylic acids is 1. The van der Waals surface area contributed by atoms with Crippen molar-refractivity contribution in [1.29, 1.82) is 0 Å². The van der Waals surface area contributed by atoms with Crippen LogP contribution >= 0.6 is 0 Å². The van der Waals surface area contributed by atoms with E-state index in [1.54, 1.807) is 0 Å². The van der Waals surface area contributed by atoms with Gasteiger partial charge in [0.2, 0.25) is 0 Å². The van der Waals surface area contributed by atoms with E-state index in [2.05, 4.69) is 0 Å². The highest BCUT2D eigenvalue weighted by atomic mass is 32.2. The minimum absolute atomic E-state index is 0.0486. The predicted molar refractivity (Wildman–Crippen MR) is 70.3 cm³/mol. The number of halogens is 1. The van der Waals surface area contributed by atoms with Crippen molar-refractivity contribution in [2.45, 2.75) is 26.0 Å². The van der Waals surface area contributed by atoms with Gasteiger partial charge in [0.1, 0.15) is 5.82 Å². The Bertz CT molecular complexity index is 564. The molecule has 1 aromatic rings. The number of sulfone groups is 1. The Labute approximate surface area is 112 Å². The standard InChI is InChI=1S/C13H17FO4S/c1-9(2)5-6-19(17,18)8-10-3-4-11(13(15)16)12(14)7-10/h3-4,7,9H,5-6,8H2,1-2H3,(H,15,16). The molecule has 0 saturated carbocycles. The summed E-state index contributed by atoms with van der Waals surface area (Å²) in [6.07, 6.45) is 0.554. The maximum atomic E-state index is 13.4. The monoisotopic (exact) mass is 288 g/mol. The van der Waals surface area contributed by atoms with Crippen LogP contribution in [0.4, 0.5) is 4.39 Å². The maximum Gasteiger partial charge on any atom is 0.338 e. The van der Waals surface area contributed by atoms with Crippen LogP contribution < -0.4 is 0 Å². The van der Waals surface area contributed by atoms with E-state index in [9.17, 15) is 17.6 Å². The molecule has 0 aliphatic carbocycles. The van der Waals surface area contributed by atoms with E-state index in [1.807, 2.05) is 13.8 Å². The average Bonchev–Trinajstić information content (AvgIpc) is 2.25. The van der Waals surface area contributed by atoms with Gasteiger partial charge in [-0.1, -0.05) is 19.9 Å². The lowest BCUT2D eigenvalue weighted by molar-refractivity contribution is 0.0692. The normalized spacial score (nSPS) is 11.8. The largest absolute Gasteiger partial charge is 0.478 e. The lowest BCUT2D eigenvalue weighted by Crippen LogP contribution is -2.12. The van der Waals surface area contributed by atoms with Crippen molar-refractivity contribution in [2.24, 2.45) is 5.92 Å². The van der Waals surface area contributed by atoms with E-state index in [4.69, 9.17) is 5.11 Å². The van der Waals surface area contributed by atoms with Crippen molar-refractivity contribution in [3.63, 3.8) is 0 Å². The Hall–Kier alpha value is -1.43. The number of rotatable bonds is 6. The Morgan fingerprint density at radius 1 is 1.37 bits per heavy atom. The summed E-state index contributed by atoms with van der Waals surface area (Å²) in [5.41, 5.74) is -0.186. The zero-order valence-electron chi connectivity index (χ0n) is 10.9. The molecule has 0 spiro atoms. The smallest absolute Gasteiger partial charge is 0.338 e. The lowest BCUT2D eigenvalue weighted by atomic mass is 10.1. The molecule has 0 aromatic heterocycles. The van der Waals surface area contributed by atoms with Crippen LogP contribution in [-0.2, 0) is 15.6 Å². The van der Waals surface area contributed by atoms with Crippen molar-refractivity contribution in [3.8, 4) is 0 Å². The van der Waals surface area contributed by atoms with E-state index in [0.717, 1.165) is 12.1 Å². The third kappa shape index (κ3) is 4.98. The second-order valence-electron chi connectivity index (χ2n) is 4.89. The van der Waals surface area contributed by atoms with Gasteiger partial charge in [-0.3, -0.25) is 0 Å². The van der Waals surface area contributed by atoms with Gasteiger partial charge < -0.3 is 5.11 Å². The maximum absolute atomic E-state index is 13.4. The van der Waals surface area contributed by atoms with Gasteiger partial charge in [0.15, 0.2) is 9.84 Å². The zero-order chi connectivity index (χ0) is 14.6. The van der Waals surface area contributed by atoms with Gasteiger partial charge in [0.25, 0.3) is 0 Å². The van der Waals surface area contributed by atoms with Crippen LogP contribution in [0.25, 0.3) is 0 Å². The first-order chi connectivity index (χ1) is 8.71. The first kappa shape index (κ1) is 15.6. The molecular formula is C13H17FO4S. The van der Waals surface area contributed by atoms with Crippen LogP contribution in [0.1, 0.15) is 36.2 Å². The summed E-state index contributed by atoms with van der Waals surface area (Å²) in [6, 6.07) is 3.39. The highest BCUT2D eigenvalue weighted by Gasteiger charge is 2.16. The fraction of sp³-hybridized carbons (Fsp3) is 0.462. The van der Waals surface area contributed by atoms with Crippen molar-refractivity contribution < 1.29 is 22.7 Å². The number of carboxylic acids is 1. The Kier molecular flexibility index (Phi) is 5.05. The number of carbonyl (C=O) groups is 1. The molecular weight excluding hydrogens is 271 g/mol. The summed E-state index contributed by atoms with van der Waals surface area (Å²) in [7, 11) is -3.29. The van der Waals surface area contributed by atoms with Gasteiger partial charge in [-0.2, -0.15) is 0 Å². The van der Waals surface area contributed by atoms with Crippen molar-refractivity contribution >= 4 is 15.8 Å². The number of hydrogen-bond donors (Lipinski definition) is 1. The van der Waals surface area contributed by atoms with Gasteiger partial charge >= 0.3 is 5.97 Å². The van der Waals surface area contributed by atoms with Crippen LogP contribution in [-0.4, -0.2) is 25.2 Å². The van der Waals surface area contributed by atoms with Gasteiger partial charge in [0.05, 0.1) is 17.1 Å². The topological polar surface area (TPSA) is 71.4 Å². The molecule has 4 nitrogen and oxygen atoms in total. The van der Waals surface area contributed by atoms with Crippen LogP contribution in [0.15, 0.2) is 18.2 Å². The first-order valence-corrected chi connectivity index (χ1v) is 7.75. The second kappa shape index (κ2) is 6.14. The molecule has 1 N–H and O–H groups in total. The molecule has 0 aliphatic heterocycles. The molecule has 0 aliphatic rings. The molecule has 0 amide bonds. The predicted octanol–water partition coefficient (Wildman–Crippen LogP) is 2.48. The van der Waals surface area contributed by atoms with Gasteiger partial charge in [-0.05, 0) is 30.0 Å². The summed E-state index contributed by atoms with van der Waals surface area (Å²) >= 11 is 0. The van der Waals surface area contributed by atoms with E-state index in [0.29, 0.717) is 6.42 Å². The van der Waals surface area contributed by atoms with Crippen molar-refractivity contribution in [2.75, 3.05) is 5.75 Å². The average molecular weight is 288 g/mol. The fourth-order valence-electron chi connectivity index (χ4n) is 1.56. The van der Waals surface area contributed by atoms with Crippen LogP contribution in [0, 0.1) is 11.7 Å². The highest BCUT2D eigenvalue weighted by Crippen LogP contribution is 2.15. The zero-order valence-corrected chi connectivity index (χ0v) is 11.7. The SMILES string of the molecule is CC(C)CCS(=O)(=O)Cc1ccc(C(=O)O)c(F)c1. The van der Waals surface area contributed by atoms with E-state index >= 15 is 0 Å². The van der Waals surface area contributed by atoms with E-state index in [-0.39, 0.29) is 23.0 Å². The van der Waals surface area contributed by atoms with Crippen molar-refractivity contribution in [1.82, 2.24) is 0 Å². The highest BCUT2D eigenvalue weighted by molar-refractivity contribution is 7.90. The second-order valence-corrected chi connectivity index (χ2v) is 7.08. The molecule has 106 valence electrons. The third-order valence-electron chi connectivity index (χ3n) is 2.66. The lowest BCUT2D eigenvalue weighted by Gasteiger charge is -2.07. The third-order valence-corrected chi connectivity index (χ3v) is 4.29. The molecule has 0 saturated heterocycles. The van der Waals surface area contributed by atoms with Gasteiger partial charge in [0, 0.05) is 0 Å². The summed E-state index contributed by atoms with van der Waals surface area (Å²) in [6.45, 7) is 3.85. The fourth-order valence-corrected chi connectivity index (χ4v) is 3.23. The number of hydrogen-bond acceptors (Lipinski definition) is 3. The van der Waals surface area contributed by atoms with Gasteiger partial charge in [-0.15, -0.1) is 0 Å². The summed E-state index contributed by atoms with van der Waals surface area (Å²) < 4.78 is 37.0. The molecule has 0 unspecified atom stereocenters. The van der Waals surface area contributed by atoms with E-state index in [1.165, 1.54) is 6.07 Å². The molecule has 0 fully saturated rings. The minimum Gasteiger partial charge on any atom is -0.478 e. The molecule has 0 radical (unpaired) electrons. The van der Waals surface area contributed by atoms with Crippen LogP contribution in [0.2, 0.25) is 0 Å². The van der Waals surface area contributed by atoms with Crippen LogP contribution in [0.5, 0.6) is 0 Å². The molecule has 1 rings (SSSR count). The Balaban J connectivity index is 2.83. The Morgan fingerprint density at radius 2 is 2.00 bits per heavy atom. The summed E-state index contributed by atoms with van der Waals surface area (Å²) in [4.78, 5) is 10.6. The van der Waals surface area contributed by atoms with E-state index < -0.39 is 27.2 Å².